The minimum atomic E-state index is 0.897. The summed E-state index contributed by atoms with van der Waals surface area (Å²) >= 11 is 1.54. The molecule has 1 aliphatic rings. The van der Waals surface area contributed by atoms with Gasteiger partial charge in [-0.3, -0.25) is 9.29 Å². The number of hydrogen-bond donors (Lipinski definition) is 1. The molecule has 64 valence electrons. The highest BCUT2D eigenvalue weighted by atomic mass is 32.2. The van der Waals surface area contributed by atoms with Crippen LogP contribution in [0, 0.1) is 0 Å². The lowest BCUT2D eigenvalue weighted by molar-refractivity contribution is 1.19. The lowest BCUT2D eigenvalue weighted by Crippen LogP contribution is -1.98. The standard InChI is InChI=1S/C9H7N3S/c1-2-4-8-7(3-1)10-9-11-13-6-5-12(8)9/h1-6H,(H,10,11). The summed E-state index contributed by atoms with van der Waals surface area (Å²) in [6, 6.07) is 8.10. The summed E-state index contributed by atoms with van der Waals surface area (Å²) in [4.78, 5) is 4.43. The Balaban J connectivity index is 2.42. The Morgan fingerprint density at radius 1 is 1.31 bits per heavy atom. The SMILES string of the molecule is C1=Cn2c(nc3ccccc32)NS1. The molecule has 1 aromatic carbocycles. The Morgan fingerprint density at radius 2 is 2.23 bits per heavy atom. The van der Waals surface area contributed by atoms with Gasteiger partial charge in [0.1, 0.15) is 0 Å². The molecule has 0 bridgehead atoms. The third-order valence-electron chi connectivity index (χ3n) is 2.02. The topological polar surface area (TPSA) is 29.9 Å². The van der Waals surface area contributed by atoms with Crippen molar-refractivity contribution >= 4 is 35.1 Å². The zero-order valence-electron chi connectivity index (χ0n) is 6.77. The highest BCUT2D eigenvalue weighted by Crippen LogP contribution is 2.25. The van der Waals surface area contributed by atoms with Gasteiger partial charge in [-0.25, -0.2) is 4.98 Å². The van der Waals surface area contributed by atoms with Crippen molar-refractivity contribution in [3.63, 3.8) is 0 Å². The van der Waals surface area contributed by atoms with Crippen LogP contribution in [0.5, 0.6) is 0 Å². The molecule has 0 spiro atoms. The second kappa shape index (κ2) is 2.53. The summed E-state index contributed by atoms with van der Waals surface area (Å²) in [7, 11) is 0. The summed E-state index contributed by atoms with van der Waals surface area (Å²) in [5, 5.41) is 2.00. The van der Waals surface area contributed by atoms with Gasteiger partial charge in [-0.1, -0.05) is 12.1 Å². The first kappa shape index (κ1) is 7.03. The average molecular weight is 189 g/mol. The molecule has 2 heterocycles. The van der Waals surface area contributed by atoms with Crippen LogP contribution in [0.3, 0.4) is 0 Å². The third kappa shape index (κ3) is 0.954. The lowest BCUT2D eigenvalue weighted by Gasteiger charge is -2.07. The summed E-state index contributed by atoms with van der Waals surface area (Å²) in [5.41, 5.74) is 2.17. The Kier molecular flexibility index (Phi) is 1.37. The van der Waals surface area contributed by atoms with Gasteiger partial charge in [0.15, 0.2) is 0 Å². The van der Waals surface area contributed by atoms with Gasteiger partial charge < -0.3 is 0 Å². The zero-order chi connectivity index (χ0) is 8.67. The van der Waals surface area contributed by atoms with E-state index < -0.39 is 0 Å². The fourth-order valence-electron chi connectivity index (χ4n) is 1.45. The van der Waals surface area contributed by atoms with Crippen LogP contribution in [-0.2, 0) is 0 Å². The van der Waals surface area contributed by atoms with Crippen LogP contribution >= 0.6 is 11.9 Å². The molecule has 3 nitrogen and oxygen atoms in total. The Morgan fingerprint density at radius 3 is 3.23 bits per heavy atom. The van der Waals surface area contributed by atoms with Gasteiger partial charge in [-0.15, -0.1) is 0 Å². The lowest BCUT2D eigenvalue weighted by atomic mass is 10.3. The first-order valence-corrected chi connectivity index (χ1v) is 4.88. The van der Waals surface area contributed by atoms with Crippen LogP contribution in [0.2, 0.25) is 0 Å². The minimum absolute atomic E-state index is 0.897. The highest BCUT2D eigenvalue weighted by molar-refractivity contribution is 8.03. The van der Waals surface area contributed by atoms with Gasteiger partial charge in [0.05, 0.1) is 11.0 Å². The predicted octanol–water partition coefficient (Wildman–Crippen LogP) is 2.54. The number of aromatic nitrogens is 2. The van der Waals surface area contributed by atoms with Crippen LogP contribution in [0.4, 0.5) is 5.95 Å². The van der Waals surface area contributed by atoms with Crippen molar-refractivity contribution in [2.45, 2.75) is 0 Å². The second-order valence-corrected chi connectivity index (χ2v) is 3.51. The van der Waals surface area contributed by atoms with E-state index in [4.69, 9.17) is 0 Å². The maximum atomic E-state index is 4.43. The molecular weight excluding hydrogens is 182 g/mol. The summed E-state index contributed by atoms with van der Waals surface area (Å²) < 4.78 is 5.18. The number of para-hydroxylation sites is 2. The molecular formula is C9H7N3S. The number of nitrogens with one attached hydrogen (secondary N) is 1. The molecule has 0 fully saturated rings. The van der Waals surface area contributed by atoms with E-state index in [1.54, 1.807) is 0 Å². The van der Waals surface area contributed by atoms with Crippen LogP contribution in [0.25, 0.3) is 17.2 Å². The Hall–Kier alpha value is -1.42. The van der Waals surface area contributed by atoms with Gasteiger partial charge >= 0.3 is 0 Å². The maximum Gasteiger partial charge on any atom is 0.218 e. The Labute approximate surface area is 79.6 Å². The molecule has 4 heteroatoms. The first-order valence-electron chi connectivity index (χ1n) is 4.00. The number of rotatable bonds is 0. The van der Waals surface area contributed by atoms with E-state index >= 15 is 0 Å². The number of fused-ring (bicyclic) bond motifs is 3. The molecule has 13 heavy (non-hydrogen) atoms. The van der Waals surface area contributed by atoms with Crippen LogP contribution < -0.4 is 4.72 Å². The summed E-state index contributed by atoms with van der Waals surface area (Å²) in [5.74, 6) is 0.897. The first-order chi connectivity index (χ1) is 6.45. The number of imidazole rings is 1. The van der Waals surface area contributed by atoms with Gasteiger partial charge in [0.25, 0.3) is 0 Å². The molecule has 0 aliphatic carbocycles. The molecule has 0 saturated carbocycles. The molecule has 0 radical (unpaired) electrons. The van der Waals surface area contributed by atoms with Crippen LogP contribution in [0.1, 0.15) is 0 Å². The fourth-order valence-corrected chi connectivity index (χ4v) is 1.95. The molecule has 0 unspecified atom stereocenters. The van der Waals surface area contributed by atoms with E-state index in [1.807, 2.05) is 34.4 Å². The molecule has 1 aromatic heterocycles. The van der Waals surface area contributed by atoms with Crippen LogP contribution in [0.15, 0.2) is 29.7 Å². The predicted molar refractivity (Wildman–Crippen MR) is 56.3 cm³/mol. The Bertz CT molecular complexity index is 487. The fraction of sp³-hybridized carbons (Fsp3) is 0. The van der Waals surface area contributed by atoms with Gasteiger partial charge in [-0.05, 0) is 24.1 Å². The third-order valence-corrected chi connectivity index (χ3v) is 2.58. The van der Waals surface area contributed by atoms with Crippen molar-refractivity contribution in [3.8, 4) is 0 Å². The molecule has 2 aromatic rings. The van der Waals surface area contributed by atoms with Crippen molar-refractivity contribution in [1.82, 2.24) is 9.55 Å². The highest BCUT2D eigenvalue weighted by Gasteiger charge is 2.09. The maximum absolute atomic E-state index is 4.43. The van der Waals surface area contributed by atoms with Crippen molar-refractivity contribution in [1.29, 1.82) is 0 Å². The molecule has 0 atom stereocenters. The number of anilines is 1. The van der Waals surface area contributed by atoms with Crippen LogP contribution in [-0.4, -0.2) is 9.55 Å². The molecule has 0 saturated heterocycles. The van der Waals surface area contributed by atoms with Gasteiger partial charge in [0, 0.05) is 11.6 Å². The molecule has 3 rings (SSSR count). The van der Waals surface area contributed by atoms with E-state index in [2.05, 4.69) is 15.8 Å². The summed E-state index contributed by atoms with van der Waals surface area (Å²) in [6.45, 7) is 0. The van der Waals surface area contributed by atoms with Crippen molar-refractivity contribution < 1.29 is 0 Å². The molecule has 1 aliphatic heterocycles. The zero-order valence-corrected chi connectivity index (χ0v) is 7.58. The largest absolute Gasteiger partial charge is 0.296 e. The minimum Gasteiger partial charge on any atom is -0.296 e. The smallest absolute Gasteiger partial charge is 0.218 e. The van der Waals surface area contributed by atoms with Crippen molar-refractivity contribution in [3.05, 3.63) is 29.7 Å². The molecule has 0 amide bonds. The normalized spacial score (nSPS) is 14.2. The van der Waals surface area contributed by atoms with E-state index in [0.29, 0.717) is 0 Å². The van der Waals surface area contributed by atoms with E-state index in [1.165, 1.54) is 11.9 Å². The van der Waals surface area contributed by atoms with Crippen molar-refractivity contribution in [2.75, 3.05) is 4.72 Å². The van der Waals surface area contributed by atoms with E-state index in [-0.39, 0.29) is 0 Å². The van der Waals surface area contributed by atoms with Gasteiger partial charge in [-0.2, -0.15) is 0 Å². The second-order valence-electron chi connectivity index (χ2n) is 2.80. The number of benzene rings is 1. The van der Waals surface area contributed by atoms with Gasteiger partial charge in [0.2, 0.25) is 5.95 Å². The number of nitrogens with zero attached hydrogens (tertiary/aromatic N) is 2. The van der Waals surface area contributed by atoms with E-state index in [0.717, 1.165) is 17.0 Å². The van der Waals surface area contributed by atoms with E-state index in [9.17, 15) is 0 Å². The quantitative estimate of drug-likeness (QED) is 0.646. The molecule has 1 N–H and O–H groups in total. The monoisotopic (exact) mass is 189 g/mol. The average Bonchev–Trinajstić information content (AvgIpc) is 2.56. The summed E-state index contributed by atoms with van der Waals surface area (Å²) in [6.07, 6.45) is 2.02. The van der Waals surface area contributed by atoms with Crippen molar-refractivity contribution in [2.24, 2.45) is 0 Å². The number of hydrogen-bond acceptors (Lipinski definition) is 3.